The van der Waals surface area contributed by atoms with Gasteiger partial charge in [0.15, 0.2) is 5.78 Å². The third kappa shape index (κ3) is 2.80. The van der Waals surface area contributed by atoms with Gasteiger partial charge in [-0.2, -0.15) is 0 Å². The molecule has 1 aromatic heterocycles. The first-order valence-electron chi connectivity index (χ1n) is 6.65. The van der Waals surface area contributed by atoms with Gasteiger partial charge in [0.05, 0.1) is 0 Å². The van der Waals surface area contributed by atoms with Crippen molar-refractivity contribution in [2.45, 2.75) is 46.5 Å². The smallest absolute Gasteiger partial charge is 0.167 e. The van der Waals surface area contributed by atoms with Gasteiger partial charge in [0.1, 0.15) is 0 Å². The summed E-state index contributed by atoms with van der Waals surface area (Å²) in [6.45, 7) is 6.93. The number of aromatic amines is 1. The van der Waals surface area contributed by atoms with Gasteiger partial charge in [-0.05, 0) is 43.1 Å². The fourth-order valence-corrected chi connectivity index (χ4v) is 2.93. The van der Waals surface area contributed by atoms with E-state index in [-0.39, 0.29) is 5.92 Å². The second kappa shape index (κ2) is 4.67. The molecule has 0 aromatic carbocycles. The van der Waals surface area contributed by atoms with E-state index >= 15 is 0 Å². The highest BCUT2D eigenvalue weighted by Gasteiger charge is 2.32. The Labute approximate surface area is 104 Å². The monoisotopic (exact) mass is 233 g/mol. The molecule has 2 heteroatoms. The Morgan fingerprint density at radius 3 is 2.35 bits per heavy atom. The van der Waals surface area contributed by atoms with Gasteiger partial charge in [-0.3, -0.25) is 4.79 Å². The molecule has 1 aliphatic rings. The van der Waals surface area contributed by atoms with E-state index in [4.69, 9.17) is 0 Å². The van der Waals surface area contributed by atoms with Gasteiger partial charge in [0.2, 0.25) is 0 Å². The predicted octanol–water partition coefficient (Wildman–Crippen LogP) is 4.05. The molecule has 0 atom stereocenters. The highest BCUT2D eigenvalue weighted by molar-refractivity contribution is 5.97. The molecule has 0 radical (unpaired) electrons. The lowest BCUT2D eigenvalue weighted by atomic mass is 9.69. The lowest BCUT2D eigenvalue weighted by Crippen LogP contribution is -2.28. The number of carbonyl (C=O) groups excluding carboxylic acids is 1. The Hall–Kier alpha value is -1.05. The summed E-state index contributed by atoms with van der Waals surface area (Å²) >= 11 is 0. The molecule has 94 valence electrons. The van der Waals surface area contributed by atoms with Crippen LogP contribution < -0.4 is 0 Å². The average molecular weight is 233 g/mol. The second-order valence-corrected chi connectivity index (χ2v) is 6.38. The van der Waals surface area contributed by atoms with E-state index in [9.17, 15) is 4.79 Å². The summed E-state index contributed by atoms with van der Waals surface area (Å²) in [6, 6.07) is 1.89. The Balaban J connectivity index is 1.94. The van der Waals surface area contributed by atoms with Crippen molar-refractivity contribution in [3.05, 3.63) is 24.0 Å². The van der Waals surface area contributed by atoms with Crippen LogP contribution in [-0.2, 0) is 0 Å². The quantitative estimate of drug-likeness (QED) is 0.768. The van der Waals surface area contributed by atoms with E-state index in [1.54, 1.807) is 0 Å². The molecule has 0 unspecified atom stereocenters. The van der Waals surface area contributed by atoms with Crippen LogP contribution in [0.2, 0.25) is 0 Å². The molecule has 0 spiro atoms. The molecule has 0 aliphatic heterocycles. The molecule has 17 heavy (non-hydrogen) atoms. The summed E-state index contributed by atoms with van der Waals surface area (Å²) in [5.74, 6) is 1.36. The van der Waals surface area contributed by atoms with Gasteiger partial charge in [-0.15, -0.1) is 0 Å². The molecular formula is C15H23NO. The van der Waals surface area contributed by atoms with Gasteiger partial charge in [0.25, 0.3) is 0 Å². The van der Waals surface area contributed by atoms with E-state index in [1.165, 1.54) is 12.8 Å². The number of nitrogens with one attached hydrogen (secondary N) is 1. The fourth-order valence-electron chi connectivity index (χ4n) is 2.93. The Kier molecular flexibility index (Phi) is 3.41. The Bertz CT molecular complexity index is 364. The van der Waals surface area contributed by atoms with Crippen molar-refractivity contribution in [1.82, 2.24) is 4.98 Å². The predicted molar refractivity (Wildman–Crippen MR) is 70.0 cm³/mol. The van der Waals surface area contributed by atoms with Gasteiger partial charge in [-0.1, -0.05) is 20.8 Å². The maximum absolute atomic E-state index is 12.2. The molecule has 2 rings (SSSR count). The first kappa shape index (κ1) is 12.4. The van der Waals surface area contributed by atoms with Crippen LogP contribution in [0.1, 0.15) is 56.8 Å². The Morgan fingerprint density at radius 2 is 1.88 bits per heavy atom. The summed E-state index contributed by atoms with van der Waals surface area (Å²) in [6.07, 6.45) is 8.17. The largest absolute Gasteiger partial charge is 0.367 e. The summed E-state index contributed by atoms with van der Waals surface area (Å²) in [5.41, 5.74) is 1.24. The summed E-state index contributed by atoms with van der Waals surface area (Å²) in [4.78, 5) is 15.2. The Morgan fingerprint density at radius 1 is 1.24 bits per heavy atom. The normalized spacial score (nSPS) is 25.8. The standard InChI is InChI=1S/C15H23NO/c1-15(2,3)13-6-4-11(5-7-13)14(17)12-8-9-16-10-12/h8-11,13,16H,4-7H2,1-3H3. The molecule has 2 nitrogen and oxygen atoms in total. The minimum atomic E-state index is 0.254. The maximum atomic E-state index is 12.2. The highest BCUT2D eigenvalue weighted by atomic mass is 16.1. The van der Waals surface area contributed by atoms with E-state index in [1.807, 2.05) is 18.5 Å². The van der Waals surface area contributed by atoms with Crippen molar-refractivity contribution < 1.29 is 4.79 Å². The minimum absolute atomic E-state index is 0.254. The van der Waals surface area contributed by atoms with Crippen LogP contribution >= 0.6 is 0 Å². The molecule has 0 bridgehead atoms. The summed E-state index contributed by atoms with van der Waals surface area (Å²) in [5, 5.41) is 0. The van der Waals surface area contributed by atoms with Crippen molar-refractivity contribution in [3.8, 4) is 0 Å². The van der Waals surface area contributed by atoms with Gasteiger partial charge < -0.3 is 4.98 Å². The molecule has 1 fully saturated rings. The number of hydrogen-bond acceptors (Lipinski definition) is 1. The van der Waals surface area contributed by atoms with Crippen molar-refractivity contribution in [2.24, 2.45) is 17.3 Å². The van der Waals surface area contributed by atoms with E-state index in [2.05, 4.69) is 25.8 Å². The SMILES string of the molecule is CC(C)(C)C1CCC(C(=O)c2cc[nH]c2)CC1. The molecule has 1 heterocycles. The van der Waals surface area contributed by atoms with Gasteiger partial charge >= 0.3 is 0 Å². The zero-order valence-corrected chi connectivity index (χ0v) is 11.1. The van der Waals surface area contributed by atoms with Gasteiger partial charge in [-0.25, -0.2) is 0 Å². The topological polar surface area (TPSA) is 32.9 Å². The number of H-pyrrole nitrogens is 1. The zero-order chi connectivity index (χ0) is 12.5. The first-order chi connectivity index (χ1) is 7.98. The number of rotatable bonds is 2. The van der Waals surface area contributed by atoms with Crippen LogP contribution in [0.5, 0.6) is 0 Å². The number of ketones is 1. The van der Waals surface area contributed by atoms with Crippen LogP contribution in [0, 0.1) is 17.3 Å². The first-order valence-corrected chi connectivity index (χ1v) is 6.65. The fraction of sp³-hybridized carbons (Fsp3) is 0.667. The van der Waals surface area contributed by atoms with Crippen LogP contribution in [0.25, 0.3) is 0 Å². The molecule has 1 aromatic rings. The average Bonchev–Trinajstić information content (AvgIpc) is 2.80. The molecule has 1 aliphatic carbocycles. The third-order valence-corrected chi connectivity index (χ3v) is 4.21. The number of aromatic nitrogens is 1. The van der Waals surface area contributed by atoms with Crippen molar-refractivity contribution in [2.75, 3.05) is 0 Å². The van der Waals surface area contributed by atoms with Crippen LogP contribution in [0.3, 0.4) is 0 Å². The third-order valence-electron chi connectivity index (χ3n) is 4.21. The second-order valence-electron chi connectivity index (χ2n) is 6.38. The summed E-state index contributed by atoms with van der Waals surface area (Å²) < 4.78 is 0. The van der Waals surface area contributed by atoms with Crippen molar-refractivity contribution in [1.29, 1.82) is 0 Å². The van der Waals surface area contributed by atoms with Crippen LogP contribution in [-0.4, -0.2) is 10.8 Å². The van der Waals surface area contributed by atoms with Crippen LogP contribution in [0.4, 0.5) is 0 Å². The maximum Gasteiger partial charge on any atom is 0.167 e. The van der Waals surface area contributed by atoms with Crippen molar-refractivity contribution >= 4 is 5.78 Å². The number of hydrogen-bond donors (Lipinski definition) is 1. The molecular weight excluding hydrogens is 210 g/mol. The molecule has 1 saturated carbocycles. The van der Waals surface area contributed by atoms with E-state index < -0.39 is 0 Å². The minimum Gasteiger partial charge on any atom is -0.367 e. The van der Waals surface area contributed by atoms with E-state index in [0.29, 0.717) is 11.2 Å². The summed E-state index contributed by atoms with van der Waals surface area (Å²) in [7, 11) is 0. The molecule has 0 amide bonds. The van der Waals surface area contributed by atoms with E-state index in [0.717, 1.165) is 24.3 Å². The van der Waals surface area contributed by atoms with Crippen LogP contribution in [0.15, 0.2) is 18.5 Å². The molecule has 0 saturated heterocycles. The lowest BCUT2D eigenvalue weighted by molar-refractivity contribution is 0.0819. The number of carbonyl (C=O) groups is 1. The number of Topliss-reactive ketones (excluding diaryl/α,β-unsaturated/α-hetero) is 1. The highest BCUT2D eigenvalue weighted by Crippen LogP contribution is 2.40. The van der Waals surface area contributed by atoms with Crippen molar-refractivity contribution in [3.63, 3.8) is 0 Å². The zero-order valence-electron chi connectivity index (χ0n) is 11.1. The molecule has 1 N–H and O–H groups in total. The lowest BCUT2D eigenvalue weighted by Gasteiger charge is -2.36. The van der Waals surface area contributed by atoms with Gasteiger partial charge in [0, 0.05) is 23.9 Å².